The Morgan fingerprint density at radius 2 is 0.733 bits per heavy atom. The molecule has 9 nitrogen and oxygen atoms in total. The summed E-state index contributed by atoms with van der Waals surface area (Å²) in [5, 5.41) is 0. The maximum absolute atomic E-state index is 13.0. The van der Waals surface area contributed by atoms with Crippen LogP contribution in [0.25, 0.3) is 0 Å². The van der Waals surface area contributed by atoms with Crippen molar-refractivity contribution in [2.75, 3.05) is 45.8 Å². The van der Waals surface area contributed by atoms with E-state index in [1.807, 2.05) is 138 Å². The summed E-state index contributed by atoms with van der Waals surface area (Å²) < 4.78 is 16.9. The molecule has 0 unspecified atom stereocenters. The van der Waals surface area contributed by atoms with E-state index in [4.69, 9.17) is 14.2 Å². The van der Waals surface area contributed by atoms with E-state index in [9.17, 15) is 14.4 Å². The molecule has 45 heavy (non-hydrogen) atoms. The molecule has 0 saturated carbocycles. The lowest BCUT2D eigenvalue weighted by atomic mass is 10.2. The van der Waals surface area contributed by atoms with Crippen molar-refractivity contribution >= 4 is 17.9 Å². The highest BCUT2D eigenvalue weighted by Gasteiger charge is 2.24. The molecule has 9 heteroatoms. The molecule has 250 valence electrons. The van der Waals surface area contributed by atoms with Gasteiger partial charge in [0.2, 0.25) is 0 Å². The molecular weight excluding hydrogens is 570 g/mol. The number of nitrogens with zero attached hydrogens (tertiary/aromatic N) is 3. The van der Waals surface area contributed by atoms with Crippen molar-refractivity contribution in [2.24, 2.45) is 0 Å². The van der Waals surface area contributed by atoms with Gasteiger partial charge in [-0.2, -0.15) is 0 Å². The van der Waals surface area contributed by atoms with Gasteiger partial charge in [0.25, 0.3) is 0 Å². The predicted octanol–water partition coefficient (Wildman–Crippen LogP) is 5.32. The number of esters is 3. The van der Waals surface area contributed by atoms with E-state index in [0.717, 1.165) is 11.1 Å². The third-order valence-corrected chi connectivity index (χ3v) is 6.28. The third-order valence-electron chi connectivity index (χ3n) is 6.28. The Morgan fingerprint density at radius 1 is 0.467 bits per heavy atom. The Labute approximate surface area is 270 Å². The summed E-state index contributed by atoms with van der Waals surface area (Å²) in [4.78, 5) is 44.7. The van der Waals surface area contributed by atoms with Crippen LogP contribution in [0.4, 0.5) is 0 Å². The highest BCUT2D eigenvalue weighted by molar-refractivity contribution is 5.73. The number of carbonyl (C=O) groups excluding carboxylic acids is 3. The van der Waals surface area contributed by atoms with Crippen LogP contribution in [0.5, 0.6) is 0 Å². The number of carbonyl (C=O) groups is 3. The van der Waals surface area contributed by atoms with E-state index in [1.165, 1.54) is 0 Å². The molecule has 0 aromatic heterocycles. The lowest BCUT2D eigenvalue weighted by molar-refractivity contribution is -0.158. The Balaban J connectivity index is 2.22. The van der Waals surface area contributed by atoms with Crippen molar-refractivity contribution in [3.63, 3.8) is 0 Å². The fraction of sp³-hybridized carbons (Fsp3) is 0.583. The fourth-order valence-electron chi connectivity index (χ4n) is 4.62. The van der Waals surface area contributed by atoms with Crippen molar-refractivity contribution in [1.29, 1.82) is 0 Å². The molecule has 0 heterocycles. The largest absolute Gasteiger partial charge is 0.459 e. The summed E-state index contributed by atoms with van der Waals surface area (Å²) in [5.74, 6) is -0.932. The zero-order chi connectivity index (χ0) is 33.7. The Bertz CT molecular complexity index is 1100. The van der Waals surface area contributed by atoms with Gasteiger partial charge in [-0.05, 0) is 73.4 Å². The normalized spacial score (nSPS) is 12.4. The highest BCUT2D eigenvalue weighted by atomic mass is 16.6. The average Bonchev–Trinajstić information content (AvgIpc) is 2.88. The molecule has 0 aliphatic heterocycles. The van der Waals surface area contributed by atoms with Gasteiger partial charge in [-0.15, -0.1) is 0 Å². The van der Waals surface area contributed by atoms with Crippen LogP contribution in [0.1, 0.15) is 73.4 Å². The fourth-order valence-corrected chi connectivity index (χ4v) is 4.62. The van der Waals surface area contributed by atoms with E-state index < -0.39 is 16.8 Å². The van der Waals surface area contributed by atoms with Crippen molar-refractivity contribution in [2.45, 2.75) is 92.2 Å². The molecule has 0 N–H and O–H groups in total. The van der Waals surface area contributed by atoms with Gasteiger partial charge in [0, 0.05) is 39.3 Å². The summed E-state index contributed by atoms with van der Waals surface area (Å²) in [7, 11) is 0. The van der Waals surface area contributed by atoms with Crippen molar-refractivity contribution in [3.8, 4) is 0 Å². The third kappa shape index (κ3) is 18.3. The summed E-state index contributed by atoms with van der Waals surface area (Å²) in [6, 6.07) is 19.9. The maximum Gasteiger partial charge on any atom is 0.320 e. The summed E-state index contributed by atoms with van der Waals surface area (Å²) in [5.41, 5.74) is 0.357. The van der Waals surface area contributed by atoms with Crippen LogP contribution in [0.3, 0.4) is 0 Å². The molecule has 2 aromatic rings. The molecule has 0 spiro atoms. The summed E-state index contributed by atoms with van der Waals surface area (Å²) in [6.07, 6.45) is 0. The lowest BCUT2D eigenvalue weighted by Gasteiger charge is -2.31. The molecule has 2 rings (SSSR count). The first-order valence-corrected chi connectivity index (χ1v) is 15.8. The van der Waals surface area contributed by atoms with Gasteiger partial charge in [0.05, 0.1) is 19.6 Å². The zero-order valence-electron chi connectivity index (χ0n) is 28.9. The molecule has 0 bridgehead atoms. The standard InChI is InChI=1S/C36H55N3O6/c1-34(2,3)43-31(40)26-37(20-22-38(24-29-16-12-10-13-17-29)27-32(41)44-35(4,5)6)21-23-39(25-30-18-14-11-15-19-30)28-33(42)45-36(7,8)9/h10-19H,20-28H2,1-9H3. The second-order valence-electron chi connectivity index (χ2n) is 14.4. The Hall–Kier alpha value is -3.27. The smallest absolute Gasteiger partial charge is 0.320 e. The van der Waals surface area contributed by atoms with E-state index in [2.05, 4.69) is 0 Å². The second-order valence-corrected chi connectivity index (χ2v) is 14.4. The molecule has 0 amide bonds. The number of hydrogen-bond donors (Lipinski definition) is 0. The molecule has 0 fully saturated rings. The minimum Gasteiger partial charge on any atom is -0.459 e. The van der Waals surface area contributed by atoms with Gasteiger partial charge in [-0.3, -0.25) is 29.1 Å². The van der Waals surface area contributed by atoms with Crippen LogP contribution < -0.4 is 0 Å². The van der Waals surface area contributed by atoms with Gasteiger partial charge in [0.1, 0.15) is 16.8 Å². The quantitative estimate of drug-likeness (QED) is 0.182. The second kappa shape index (κ2) is 17.4. The maximum atomic E-state index is 13.0. The highest BCUT2D eigenvalue weighted by Crippen LogP contribution is 2.13. The van der Waals surface area contributed by atoms with Crippen molar-refractivity contribution < 1.29 is 28.6 Å². The predicted molar refractivity (Wildman–Crippen MR) is 177 cm³/mol. The monoisotopic (exact) mass is 625 g/mol. The molecule has 2 aromatic carbocycles. The van der Waals surface area contributed by atoms with Gasteiger partial charge in [-0.1, -0.05) is 60.7 Å². The first kappa shape index (κ1) is 37.9. The van der Waals surface area contributed by atoms with Gasteiger partial charge >= 0.3 is 17.9 Å². The molecular formula is C36H55N3O6. The summed E-state index contributed by atoms with van der Waals surface area (Å²) in [6.45, 7) is 20.1. The summed E-state index contributed by atoms with van der Waals surface area (Å²) >= 11 is 0. The minimum atomic E-state index is -0.616. The van der Waals surface area contributed by atoms with Crippen LogP contribution in [-0.4, -0.2) is 95.2 Å². The minimum absolute atomic E-state index is 0.0779. The Morgan fingerprint density at radius 3 is 1.02 bits per heavy atom. The van der Waals surface area contributed by atoms with E-state index in [0.29, 0.717) is 39.3 Å². The topological polar surface area (TPSA) is 88.6 Å². The number of rotatable bonds is 16. The molecule has 0 atom stereocenters. The van der Waals surface area contributed by atoms with E-state index in [-0.39, 0.29) is 37.5 Å². The Kier molecular flexibility index (Phi) is 14.7. The van der Waals surface area contributed by atoms with Crippen LogP contribution in [-0.2, 0) is 41.7 Å². The molecule has 0 aliphatic rings. The first-order chi connectivity index (χ1) is 20.9. The molecule has 0 saturated heterocycles. The number of ether oxygens (including phenoxy) is 3. The van der Waals surface area contributed by atoms with Gasteiger partial charge in [-0.25, -0.2) is 0 Å². The number of hydrogen-bond acceptors (Lipinski definition) is 9. The number of benzene rings is 2. The van der Waals surface area contributed by atoms with Crippen LogP contribution in [0.2, 0.25) is 0 Å². The van der Waals surface area contributed by atoms with Crippen LogP contribution in [0, 0.1) is 0 Å². The van der Waals surface area contributed by atoms with E-state index >= 15 is 0 Å². The zero-order valence-corrected chi connectivity index (χ0v) is 28.9. The van der Waals surface area contributed by atoms with Gasteiger partial charge in [0.15, 0.2) is 0 Å². The van der Waals surface area contributed by atoms with Crippen molar-refractivity contribution in [1.82, 2.24) is 14.7 Å². The van der Waals surface area contributed by atoms with E-state index in [1.54, 1.807) is 0 Å². The van der Waals surface area contributed by atoms with Crippen LogP contribution in [0.15, 0.2) is 60.7 Å². The molecule has 0 aliphatic carbocycles. The molecule has 0 radical (unpaired) electrons. The first-order valence-electron chi connectivity index (χ1n) is 15.8. The lowest BCUT2D eigenvalue weighted by Crippen LogP contribution is -2.45. The van der Waals surface area contributed by atoms with Crippen LogP contribution >= 0.6 is 0 Å². The average molecular weight is 626 g/mol. The SMILES string of the molecule is CC(C)(C)OC(=O)CN(CCN(CC(=O)OC(C)(C)C)Cc1ccccc1)CCN(CC(=O)OC(C)(C)C)Cc1ccccc1. The van der Waals surface area contributed by atoms with Crippen molar-refractivity contribution in [3.05, 3.63) is 71.8 Å². The van der Waals surface area contributed by atoms with Gasteiger partial charge < -0.3 is 14.2 Å².